The molecule has 0 radical (unpaired) electrons. The number of furan rings is 1. The first-order valence-corrected chi connectivity index (χ1v) is 6.38. The van der Waals surface area contributed by atoms with Gasteiger partial charge in [-0.1, -0.05) is 0 Å². The van der Waals surface area contributed by atoms with Crippen molar-refractivity contribution in [3.63, 3.8) is 0 Å². The minimum Gasteiger partial charge on any atom is -0.494 e. The molecule has 0 amide bonds. The smallest absolute Gasteiger partial charge is 0.123 e. The molecule has 1 heterocycles. The molecule has 0 saturated heterocycles. The first-order chi connectivity index (χ1) is 9.24. The quantitative estimate of drug-likeness (QED) is 0.778. The average Bonchev–Trinajstić information content (AvgIpc) is 2.81. The van der Waals surface area contributed by atoms with Crippen molar-refractivity contribution < 1.29 is 13.5 Å². The van der Waals surface area contributed by atoms with Crippen LogP contribution in [0.4, 0.5) is 4.39 Å². The first-order valence-electron chi connectivity index (χ1n) is 6.38. The van der Waals surface area contributed by atoms with Crippen molar-refractivity contribution in [2.24, 2.45) is 0 Å². The van der Waals surface area contributed by atoms with Gasteiger partial charge in [0.25, 0.3) is 0 Å². The third kappa shape index (κ3) is 4.75. The Bertz CT molecular complexity index is 493. The molecule has 0 bridgehead atoms. The Morgan fingerprint density at radius 1 is 1.16 bits per heavy atom. The molecular formula is C15H18FNO2. The van der Waals surface area contributed by atoms with Crippen molar-refractivity contribution in [2.45, 2.75) is 19.9 Å². The molecule has 2 rings (SSSR count). The minimum absolute atomic E-state index is 0.247. The van der Waals surface area contributed by atoms with Gasteiger partial charge in [-0.2, -0.15) is 0 Å². The van der Waals surface area contributed by atoms with E-state index in [0.29, 0.717) is 12.4 Å². The van der Waals surface area contributed by atoms with E-state index < -0.39 is 0 Å². The predicted octanol–water partition coefficient (Wildman–Crippen LogP) is 3.29. The van der Waals surface area contributed by atoms with E-state index in [0.717, 1.165) is 31.0 Å². The molecule has 1 aromatic heterocycles. The lowest BCUT2D eigenvalue weighted by Crippen LogP contribution is -2.16. The molecular weight excluding hydrogens is 245 g/mol. The van der Waals surface area contributed by atoms with Gasteiger partial charge >= 0.3 is 0 Å². The standard InChI is InChI=1S/C15H18FNO2/c1-12-3-6-15(19-12)11-17-9-2-10-18-14-7-4-13(16)5-8-14/h3-8,17H,2,9-11H2,1H3. The molecule has 0 aliphatic rings. The van der Waals surface area contributed by atoms with Gasteiger partial charge in [-0.25, -0.2) is 4.39 Å². The van der Waals surface area contributed by atoms with E-state index in [1.54, 1.807) is 12.1 Å². The minimum atomic E-state index is -0.247. The van der Waals surface area contributed by atoms with Crippen LogP contribution in [0, 0.1) is 12.7 Å². The molecule has 0 unspecified atom stereocenters. The Kier molecular flexibility index (Phi) is 4.98. The summed E-state index contributed by atoms with van der Waals surface area (Å²) in [5.74, 6) is 2.32. The molecule has 1 aromatic carbocycles. The number of nitrogens with one attached hydrogen (secondary N) is 1. The maximum atomic E-state index is 12.7. The fourth-order valence-electron chi connectivity index (χ4n) is 1.71. The lowest BCUT2D eigenvalue weighted by atomic mass is 10.3. The molecule has 0 aliphatic heterocycles. The van der Waals surface area contributed by atoms with Gasteiger partial charge in [0.15, 0.2) is 0 Å². The van der Waals surface area contributed by atoms with Crippen molar-refractivity contribution in [2.75, 3.05) is 13.2 Å². The number of ether oxygens (including phenoxy) is 1. The molecule has 1 N–H and O–H groups in total. The largest absolute Gasteiger partial charge is 0.494 e. The van der Waals surface area contributed by atoms with Gasteiger partial charge in [0.1, 0.15) is 23.1 Å². The van der Waals surface area contributed by atoms with E-state index in [9.17, 15) is 4.39 Å². The van der Waals surface area contributed by atoms with E-state index >= 15 is 0 Å². The molecule has 4 heteroatoms. The number of hydrogen-bond donors (Lipinski definition) is 1. The number of rotatable bonds is 7. The molecule has 0 spiro atoms. The van der Waals surface area contributed by atoms with Crippen LogP contribution in [0.2, 0.25) is 0 Å². The summed E-state index contributed by atoms with van der Waals surface area (Å²) in [6.07, 6.45) is 0.886. The van der Waals surface area contributed by atoms with E-state index in [-0.39, 0.29) is 5.82 Å². The van der Waals surface area contributed by atoms with Crippen LogP contribution < -0.4 is 10.1 Å². The maximum absolute atomic E-state index is 12.7. The summed E-state index contributed by atoms with van der Waals surface area (Å²) in [4.78, 5) is 0. The van der Waals surface area contributed by atoms with E-state index in [1.165, 1.54) is 12.1 Å². The predicted molar refractivity (Wildman–Crippen MR) is 71.7 cm³/mol. The van der Waals surface area contributed by atoms with Crippen LogP contribution in [0.3, 0.4) is 0 Å². The Balaban J connectivity index is 1.56. The second-order valence-corrected chi connectivity index (χ2v) is 4.35. The summed E-state index contributed by atoms with van der Waals surface area (Å²) in [6, 6.07) is 9.98. The molecule has 102 valence electrons. The lowest BCUT2D eigenvalue weighted by molar-refractivity contribution is 0.306. The van der Waals surface area contributed by atoms with Crippen LogP contribution in [0.25, 0.3) is 0 Å². The summed E-state index contributed by atoms with van der Waals surface area (Å²) < 4.78 is 23.6. The van der Waals surface area contributed by atoms with E-state index in [4.69, 9.17) is 9.15 Å². The van der Waals surface area contributed by atoms with Crippen LogP contribution in [0.15, 0.2) is 40.8 Å². The Labute approximate surface area is 112 Å². The van der Waals surface area contributed by atoms with Gasteiger partial charge in [-0.15, -0.1) is 0 Å². The van der Waals surface area contributed by atoms with E-state index in [2.05, 4.69) is 5.32 Å². The van der Waals surface area contributed by atoms with Gasteiger partial charge in [-0.3, -0.25) is 0 Å². The topological polar surface area (TPSA) is 34.4 Å². The zero-order valence-electron chi connectivity index (χ0n) is 11.0. The molecule has 2 aromatic rings. The van der Waals surface area contributed by atoms with Gasteiger partial charge in [0.2, 0.25) is 0 Å². The molecule has 0 atom stereocenters. The summed E-state index contributed by atoms with van der Waals surface area (Å²) >= 11 is 0. The fraction of sp³-hybridized carbons (Fsp3) is 0.333. The third-order valence-corrected chi connectivity index (χ3v) is 2.68. The van der Waals surface area contributed by atoms with Crippen molar-refractivity contribution in [1.29, 1.82) is 0 Å². The Morgan fingerprint density at radius 3 is 2.63 bits per heavy atom. The highest BCUT2D eigenvalue weighted by molar-refractivity contribution is 5.21. The van der Waals surface area contributed by atoms with Gasteiger partial charge in [0.05, 0.1) is 13.2 Å². The number of benzene rings is 1. The van der Waals surface area contributed by atoms with Crippen molar-refractivity contribution in [1.82, 2.24) is 5.32 Å². The molecule has 0 fully saturated rings. The molecule has 0 saturated carbocycles. The zero-order valence-corrected chi connectivity index (χ0v) is 11.0. The molecule has 19 heavy (non-hydrogen) atoms. The van der Waals surface area contributed by atoms with Crippen LogP contribution in [0.1, 0.15) is 17.9 Å². The monoisotopic (exact) mass is 263 g/mol. The molecule has 0 aliphatic carbocycles. The summed E-state index contributed by atoms with van der Waals surface area (Å²) in [7, 11) is 0. The average molecular weight is 263 g/mol. The highest BCUT2D eigenvalue weighted by Gasteiger charge is 1.98. The first kappa shape index (κ1) is 13.6. The second-order valence-electron chi connectivity index (χ2n) is 4.35. The van der Waals surface area contributed by atoms with Crippen molar-refractivity contribution >= 4 is 0 Å². The van der Waals surface area contributed by atoms with Crippen molar-refractivity contribution in [3.8, 4) is 5.75 Å². The highest BCUT2D eigenvalue weighted by Crippen LogP contribution is 2.11. The summed E-state index contributed by atoms with van der Waals surface area (Å²) in [5, 5.41) is 3.28. The normalized spacial score (nSPS) is 10.6. The second kappa shape index (κ2) is 6.95. The summed E-state index contributed by atoms with van der Waals surface area (Å²) in [6.45, 7) is 4.11. The SMILES string of the molecule is Cc1ccc(CNCCCOc2ccc(F)cc2)o1. The molecule has 3 nitrogen and oxygen atoms in total. The van der Waals surface area contributed by atoms with E-state index in [1.807, 2.05) is 19.1 Å². The van der Waals surface area contributed by atoms with Gasteiger partial charge in [0, 0.05) is 0 Å². The van der Waals surface area contributed by atoms with Gasteiger partial charge < -0.3 is 14.5 Å². The van der Waals surface area contributed by atoms with Gasteiger partial charge in [-0.05, 0) is 56.3 Å². The number of aryl methyl sites for hydroxylation is 1. The Hall–Kier alpha value is -1.81. The number of halogens is 1. The number of hydrogen-bond acceptors (Lipinski definition) is 3. The van der Waals surface area contributed by atoms with Crippen LogP contribution in [0.5, 0.6) is 5.75 Å². The van der Waals surface area contributed by atoms with Crippen LogP contribution in [-0.2, 0) is 6.54 Å². The fourth-order valence-corrected chi connectivity index (χ4v) is 1.71. The maximum Gasteiger partial charge on any atom is 0.123 e. The lowest BCUT2D eigenvalue weighted by Gasteiger charge is -2.06. The third-order valence-electron chi connectivity index (χ3n) is 2.68. The highest BCUT2D eigenvalue weighted by atomic mass is 19.1. The van der Waals surface area contributed by atoms with Crippen LogP contribution in [-0.4, -0.2) is 13.2 Å². The van der Waals surface area contributed by atoms with Crippen LogP contribution >= 0.6 is 0 Å². The zero-order chi connectivity index (χ0) is 13.5. The Morgan fingerprint density at radius 2 is 1.95 bits per heavy atom. The van der Waals surface area contributed by atoms with Crippen molar-refractivity contribution in [3.05, 3.63) is 53.7 Å². The summed E-state index contributed by atoms with van der Waals surface area (Å²) in [5.41, 5.74) is 0.